The van der Waals surface area contributed by atoms with Crippen molar-refractivity contribution < 1.29 is 9.28 Å². The fourth-order valence-corrected chi connectivity index (χ4v) is 3.80. The Bertz CT molecular complexity index is 445. The van der Waals surface area contributed by atoms with Gasteiger partial charge in [-0.05, 0) is 39.0 Å². The number of nitrogens with zero attached hydrogens (tertiary/aromatic N) is 2. The first kappa shape index (κ1) is 22.9. The monoisotopic (exact) mass is 364 g/mol. The van der Waals surface area contributed by atoms with E-state index in [0.717, 1.165) is 43.6 Å². The summed E-state index contributed by atoms with van der Waals surface area (Å²) in [4.78, 5) is 15.9. The van der Waals surface area contributed by atoms with Crippen LogP contribution in [0.2, 0.25) is 0 Å². The number of aliphatic imine (C=N–C) groups is 1. The average Bonchev–Trinajstić information content (AvgIpc) is 3.02. The maximum absolute atomic E-state index is 11.1. The van der Waals surface area contributed by atoms with Gasteiger partial charge in [0.25, 0.3) is 0 Å². The van der Waals surface area contributed by atoms with Crippen LogP contribution in [-0.4, -0.2) is 48.9 Å². The Hall–Kier alpha value is -1.16. The smallest absolute Gasteiger partial charge is 0.217 e. The Balaban J connectivity index is 2.16. The molecule has 4 heteroatoms. The highest BCUT2D eigenvalue weighted by molar-refractivity contribution is 5.77. The molecule has 1 unspecified atom stereocenters. The van der Waals surface area contributed by atoms with Crippen molar-refractivity contribution in [1.82, 2.24) is 5.32 Å². The Labute approximate surface area is 161 Å². The molecule has 1 aliphatic heterocycles. The van der Waals surface area contributed by atoms with Gasteiger partial charge in [0.2, 0.25) is 5.91 Å². The number of likely N-dealkylation sites (N-methyl/N-ethyl adjacent to an activating group) is 1. The maximum Gasteiger partial charge on any atom is 0.217 e. The number of allylic oxidation sites excluding steroid dienone is 2. The first-order valence-corrected chi connectivity index (χ1v) is 10.9. The maximum atomic E-state index is 11.1. The van der Waals surface area contributed by atoms with Crippen LogP contribution in [0.25, 0.3) is 0 Å². The van der Waals surface area contributed by atoms with E-state index in [-0.39, 0.29) is 5.91 Å². The zero-order chi connectivity index (χ0) is 19.1. The first-order chi connectivity index (χ1) is 12.6. The molecule has 26 heavy (non-hydrogen) atoms. The van der Waals surface area contributed by atoms with Crippen molar-refractivity contribution in [2.75, 3.05) is 32.7 Å². The Kier molecular flexibility index (Phi) is 12.3. The molecule has 0 saturated carbocycles. The SMILES string of the molecule is CCCCC/C=C/CCCCCCC1=NCC[N+]1(CC)CCNC(C)=O. The number of hydrogen-bond acceptors (Lipinski definition) is 2. The summed E-state index contributed by atoms with van der Waals surface area (Å²) in [7, 11) is 0. The van der Waals surface area contributed by atoms with Crippen LogP contribution in [0.3, 0.4) is 0 Å². The van der Waals surface area contributed by atoms with E-state index < -0.39 is 0 Å². The second-order valence-corrected chi connectivity index (χ2v) is 7.61. The van der Waals surface area contributed by atoms with Gasteiger partial charge in [0, 0.05) is 13.3 Å². The van der Waals surface area contributed by atoms with Crippen molar-refractivity contribution in [3.63, 3.8) is 0 Å². The van der Waals surface area contributed by atoms with E-state index in [2.05, 4.69) is 31.3 Å². The molecule has 0 spiro atoms. The van der Waals surface area contributed by atoms with Gasteiger partial charge in [-0.2, -0.15) is 0 Å². The van der Waals surface area contributed by atoms with E-state index in [4.69, 9.17) is 4.99 Å². The van der Waals surface area contributed by atoms with Crippen LogP contribution in [-0.2, 0) is 4.79 Å². The number of rotatable bonds is 15. The molecule has 1 aliphatic rings. The zero-order valence-electron chi connectivity index (χ0n) is 17.6. The molecule has 4 nitrogen and oxygen atoms in total. The molecule has 0 aromatic heterocycles. The third-order valence-electron chi connectivity index (χ3n) is 5.55. The lowest BCUT2D eigenvalue weighted by Gasteiger charge is -2.33. The molecule has 0 saturated heterocycles. The molecule has 1 amide bonds. The van der Waals surface area contributed by atoms with Gasteiger partial charge in [-0.25, -0.2) is 4.99 Å². The minimum atomic E-state index is 0.0661. The predicted octanol–water partition coefficient (Wildman–Crippen LogP) is 4.85. The number of carbonyl (C=O) groups is 1. The Morgan fingerprint density at radius 3 is 2.42 bits per heavy atom. The van der Waals surface area contributed by atoms with Gasteiger partial charge in [-0.3, -0.25) is 9.28 Å². The number of unbranched alkanes of at least 4 members (excludes halogenated alkanes) is 7. The molecule has 150 valence electrons. The summed E-state index contributed by atoms with van der Waals surface area (Å²) >= 11 is 0. The fraction of sp³-hybridized carbons (Fsp3) is 0.818. The molecule has 1 rings (SSSR count). The van der Waals surface area contributed by atoms with Crippen LogP contribution >= 0.6 is 0 Å². The molecule has 0 aromatic rings. The highest BCUT2D eigenvalue weighted by atomic mass is 16.1. The first-order valence-electron chi connectivity index (χ1n) is 10.9. The van der Waals surface area contributed by atoms with Crippen LogP contribution in [0, 0.1) is 0 Å². The number of nitrogens with one attached hydrogen (secondary N) is 1. The molecular weight excluding hydrogens is 322 g/mol. The molecule has 1 N–H and O–H groups in total. The highest BCUT2D eigenvalue weighted by Gasteiger charge is 2.35. The van der Waals surface area contributed by atoms with Gasteiger partial charge in [0.05, 0.1) is 19.6 Å². The minimum absolute atomic E-state index is 0.0661. The highest BCUT2D eigenvalue weighted by Crippen LogP contribution is 2.19. The van der Waals surface area contributed by atoms with Crippen LogP contribution in [0.4, 0.5) is 0 Å². The molecule has 0 aromatic carbocycles. The van der Waals surface area contributed by atoms with Gasteiger partial charge in [-0.15, -0.1) is 0 Å². The second-order valence-electron chi connectivity index (χ2n) is 7.61. The minimum Gasteiger partial charge on any atom is -0.351 e. The lowest BCUT2D eigenvalue weighted by molar-refractivity contribution is -0.833. The topological polar surface area (TPSA) is 41.5 Å². The zero-order valence-corrected chi connectivity index (χ0v) is 17.6. The lowest BCUT2D eigenvalue weighted by Crippen LogP contribution is -2.54. The van der Waals surface area contributed by atoms with Crippen LogP contribution in [0.1, 0.15) is 85.0 Å². The van der Waals surface area contributed by atoms with Gasteiger partial charge in [0.15, 0.2) is 5.84 Å². The molecular formula is C22H42N3O+. The van der Waals surface area contributed by atoms with Crippen molar-refractivity contribution in [2.45, 2.75) is 85.0 Å². The summed E-state index contributed by atoms with van der Waals surface area (Å²) in [6.07, 6.45) is 17.6. The fourth-order valence-electron chi connectivity index (χ4n) is 3.80. The largest absolute Gasteiger partial charge is 0.351 e. The number of hydrogen-bond donors (Lipinski definition) is 1. The van der Waals surface area contributed by atoms with Crippen molar-refractivity contribution in [3.05, 3.63) is 12.2 Å². The summed E-state index contributed by atoms with van der Waals surface area (Å²) in [5.41, 5.74) is 0. The summed E-state index contributed by atoms with van der Waals surface area (Å²) in [5.74, 6) is 1.44. The van der Waals surface area contributed by atoms with Gasteiger partial charge < -0.3 is 5.32 Å². The molecule has 1 heterocycles. The summed E-state index contributed by atoms with van der Waals surface area (Å²) in [5, 5.41) is 2.95. The Morgan fingerprint density at radius 2 is 1.77 bits per heavy atom. The number of amides is 1. The molecule has 0 fully saturated rings. The van der Waals surface area contributed by atoms with Crippen molar-refractivity contribution in [2.24, 2.45) is 4.99 Å². The molecule has 0 bridgehead atoms. The van der Waals surface area contributed by atoms with Crippen molar-refractivity contribution in [3.8, 4) is 0 Å². The molecule has 0 aliphatic carbocycles. The predicted molar refractivity (Wildman–Crippen MR) is 113 cm³/mol. The van der Waals surface area contributed by atoms with Crippen LogP contribution in [0.15, 0.2) is 17.1 Å². The van der Waals surface area contributed by atoms with Crippen LogP contribution < -0.4 is 5.32 Å². The van der Waals surface area contributed by atoms with Gasteiger partial charge in [-0.1, -0.05) is 44.8 Å². The van der Waals surface area contributed by atoms with Gasteiger partial charge >= 0.3 is 0 Å². The number of quaternary nitrogens is 1. The number of amidine groups is 1. The average molecular weight is 365 g/mol. The van der Waals surface area contributed by atoms with E-state index >= 15 is 0 Å². The lowest BCUT2D eigenvalue weighted by atomic mass is 10.1. The molecule has 1 atom stereocenters. The summed E-state index contributed by atoms with van der Waals surface area (Å²) in [6.45, 7) is 11.0. The normalized spacial score (nSPS) is 19.9. The Morgan fingerprint density at radius 1 is 1.08 bits per heavy atom. The quantitative estimate of drug-likeness (QED) is 0.252. The number of carbonyl (C=O) groups excluding carboxylic acids is 1. The molecule has 0 radical (unpaired) electrons. The van der Waals surface area contributed by atoms with E-state index in [9.17, 15) is 4.79 Å². The third kappa shape index (κ3) is 8.98. The van der Waals surface area contributed by atoms with Crippen molar-refractivity contribution >= 4 is 11.7 Å². The standard InChI is InChI=1S/C22H41N3O/c1-4-6-7-8-9-10-11-12-13-14-15-16-22-24-18-20-25(22,5-2)19-17-23-21(3)26/h9-10H,4-8,11-20H2,1-3H3/p+1/b10-9+. The van der Waals surface area contributed by atoms with Gasteiger partial charge in [0.1, 0.15) is 13.1 Å². The van der Waals surface area contributed by atoms with E-state index in [1.54, 1.807) is 6.92 Å². The van der Waals surface area contributed by atoms with E-state index in [1.807, 2.05) is 0 Å². The van der Waals surface area contributed by atoms with E-state index in [0.29, 0.717) is 0 Å². The summed E-state index contributed by atoms with van der Waals surface area (Å²) < 4.78 is 0.987. The second kappa shape index (κ2) is 14.0. The van der Waals surface area contributed by atoms with E-state index in [1.165, 1.54) is 63.6 Å². The van der Waals surface area contributed by atoms with Crippen LogP contribution in [0.5, 0.6) is 0 Å². The van der Waals surface area contributed by atoms with Crippen molar-refractivity contribution in [1.29, 1.82) is 0 Å². The third-order valence-corrected chi connectivity index (χ3v) is 5.55. The summed E-state index contributed by atoms with van der Waals surface area (Å²) in [6, 6.07) is 0.